The largest absolute Gasteiger partial charge is 0.349 e. The van der Waals surface area contributed by atoms with Gasteiger partial charge < -0.3 is 10.2 Å². The monoisotopic (exact) mass is 330 g/mol. The summed E-state index contributed by atoms with van der Waals surface area (Å²) >= 11 is 3.28. The van der Waals surface area contributed by atoms with E-state index in [9.17, 15) is 9.59 Å². The number of hydrogen-bond donors (Lipinski definition) is 1. The standard InChI is InChI=1S/C16H14N2O2S2/c19-14(17-8-10-4-3-7-21-10)13-9-22-16-12-6-2-1-5-11(12)15(20)18(13)16/h1-7,13,16H,8-9H2,(H,17,19)/t13-,16-/m0/s1. The van der Waals surface area contributed by atoms with Crippen LogP contribution >= 0.6 is 23.1 Å². The summed E-state index contributed by atoms with van der Waals surface area (Å²) in [7, 11) is 0. The zero-order valence-corrected chi connectivity index (χ0v) is 13.3. The molecule has 0 aliphatic carbocycles. The Morgan fingerprint density at radius 1 is 1.27 bits per heavy atom. The van der Waals surface area contributed by atoms with E-state index in [0.29, 0.717) is 12.3 Å². The molecule has 0 bridgehead atoms. The summed E-state index contributed by atoms with van der Waals surface area (Å²) in [6.07, 6.45) is 0. The predicted octanol–water partition coefficient (Wildman–Crippen LogP) is 2.63. The van der Waals surface area contributed by atoms with Crippen molar-refractivity contribution in [3.8, 4) is 0 Å². The highest BCUT2D eigenvalue weighted by atomic mass is 32.2. The van der Waals surface area contributed by atoms with Crippen LogP contribution in [0.2, 0.25) is 0 Å². The molecule has 0 radical (unpaired) electrons. The maximum absolute atomic E-state index is 12.6. The molecule has 112 valence electrons. The van der Waals surface area contributed by atoms with Crippen molar-refractivity contribution in [3.63, 3.8) is 0 Å². The molecule has 6 heteroatoms. The summed E-state index contributed by atoms with van der Waals surface area (Å²) in [6.45, 7) is 0.525. The number of carbonyl (C=O) groups excluding carboxylic acids is 2. The van der Waals surface area contributed by atoms with E-state index in [1.54, 1.807) is 28.0 Å². The molecular weight excluding hydrogens is 316 g/mol. The Hall–Kier alpha value is -1.79. The second-order valence-electron chi connectivity index (χ2n) is 5.30. The molecule has 2 aliphatic rings. The summed E-state index contributed by atoms with van der Waals surface area (Å²) in [5.41, 5.74) is 1.77. The van der Waals surface area contributed by atoms with E-state index in [1.165, 1.54) is 0 Å². The van der Waals surface area contributed by atoms with Gasteiger partial charge in [0.05, 0.1) is 6.54 Å². The highest BCUT2D eigenvalue weighted by Gasteiger charge is 2.48. The van der Waals surface area contributed by atoms with E-state index < -0.39 is 0 Å². The molecule has 1 fully saturated rings. The Morgan fingerprint density at radius 3 is 2.95 bits per heavy atom. The minimum absolute atomic E-state index is 0.0128. The Bertz CT molecular complexity index is 730. The predicted molar refractivity (Wildman–Crippen MR) is 87.8 cm³/mol. The quantitative estimate of drug-likeness (QED) is 0.941. The lowest BCUT2D eigenvalue weighted by atomic mass is 10.1. The summed E-state index contributed by atoms with van der Waals surface area (Å²) in [5, 5.41) is 4.93. The molecule has 4 rings (SSSR count). The van der Waals surface area contributed by atoms with Crippen molar-refractivity contribution in [2.75, 3.05) is 5.75 Å². The number of nitrogens with zero attached hydrogens (tertiary/aromatic N) is 1. The third kappa shape index (κ3) is 2.14. The number of thiophene rings is 1. The van der Waals surface area contributed by atoms with Gasteiger partial charge in [0.2, 0.25) is 5.91 Å². The van der Waals surface area contributed by atoms with E-state index in [2.05, 4.69) is 5.32 Å². The van der Waals surface area contributed by atoms with Crippen LogP contribution in [0.15, 0.2) is 41.8 Å². The SMILES string of the molecule is O=C(NCc1cccs1)[C@@H]1CS[C@H]2c3ccccc3C(=O)N12. The van der Waals surface area contributed by atoms with Gasteiger partial charge in [-0.05, 0) is 23.1 Å². The lowest BCUT2D eigenvalue weighted by Gasteiger charge is -2.22. The molecule has 1 aromatic carbocycles. The minimum Gasteiger partial charge on any atom is -0.349 e. The smallest absolute Gasteiger partial charge is 0.256 e. The van der Waals surface area contributed by atoms with Crippen LogP contribution in [-0.2, 0) is 11.3 Å². The molecule has 3 heterocycles. The molecule has 4 nitrogen and oxygen atoms in total. The van der Waals surface area contributed by atoms with Gasteiger partial charge in [-0.2, -0.15) is 0 Å². The molecule has 0 saturated carbocycles. The Morgan fingerprint density at radius 2 is 2.14 bits per heavy atom. The van der Waals surface area contributed by atoms with Gasteiger partial charge in [-0.25, -0.2) is 0 Å². The van der Waals surface area contributed by atoms with Gasteiger partial charge in [0.1, 0.15) is 11.4 Å². The Balaban J connectivity index is 1.51. The van der Waals surface area contributed by atoms with Crippen LogP contribution in [0, 0.1) is 0 Å². The number of nitrogens with one attached hydrogen (secondary N) is 1. The third-order valence-corrected chi connectivity index (χ3v) is 6.19. The van der Waals surface area contributed by atoms with Crippen molar-refractivity contribution in [2.24, 2.45) is 0 Å². The molecule has 1 aromatic heterocycles. The third-order valence-electron chi connectivity index (χ3n) is 4.01. The molecule has 1 N–H and O–H groups in total. The minimum atomic E-state index is -0.380. The van der Waals surface area contributed by atoms with Crippen molar-refractivity contribution in [1.82, 2.24) is 10.2 Å². The summed E-state index contributed by atoms with van der Waals surface area (Å²) in [6, 6.07) is 11.2. The molecule has 2 aliphatic heterocycles. The first-order valence-electron chi connectivity index (χ1n) is 7.09. The van der Waals surface area contributed by atoms with Gasteiger partial charge in [-0.15, -0.1) is 23.1 Å². The number of benzene rings is 1. The highest BCUT2D eigenvalue weighted by Crippen LogP contribution is 2.47. The summed E-state index contributed by atoms with van der Waals surface area (Å²) in [5.74, 6) is 0.563. The van der Waals surface area contributed by atoms with Gasteiger partial charge >= 0.3 is 0 Å². The van der Waals surface area contributed by atoms with Crippen LogP contribution in [0.4, 0.5) is 0 Å². The molecule has 22 heavy (non-hydrogen) atoms. The van der Waals surface area contributed by atoms with E-state index in [1.807, 2.05) is 41.8 Å². The topological polar surface area (TPSA) is 49.4 Å². The van der Waals surface area contributed by atoms with E-state index in [0.717, 1.165) is 16.0 Å². The molecule has 2 amide bonds. The molecule has 2 aromatic rings. The number of fused-ring (bicyclic) bond motifs is 3. The van der Waals surface area contributed by atoms with E-state index in [4.69, 9.17) is 0 Å². The van der Waals surface area contributed by atoms with Gasteiger partial charge in [0, 0.05) is 16.2 Å². The normalized spacial score (nSPS) is 22.5. The second kappa shape index (κ2) is 5.44. The average molecular weight is 330 g/mol. The second-order valence-corrected chi connectivity index (χ2v) is 7.44. The number of amides is 2. The number of rotatable bonds is 3. The first kappa shape index (κ1) is 13.8. The van der Waals surface area contributed by atoms with Crippen molar-refractivity contribution in [1.29, 1.82) is 0 Å². The number of carbonyl (C=O) groups is 2. The van der Waals surface area contributed by atoms with Gasteiger partial charge in [0.15, 0.2) is 0 Å². The summed E-state index contributed by atoms with van der Waals surface area (Å²) < 4.78 is 0. The van der Waals surface area contributed by atoms with Crippen molar-refractivity contribution < 1.29 is 9.59 Å². The number of hydrogen-bond acceptors (Lipinski definition) is 4. The molecule has 0 spiro atoms. The zero-order valence-electron chi connectivity index (χ0n) is 11.7. The van der Waals surface area contributed by atoms with Crippen LogP contribution in [0.5, 0.6) is 0 Å². The first-order chi connectivity index (χ1) is 10.8. The molecule has 0 unspecified atom stereocenters. The van der Waals surface area contributed by atoms with Crippen LogP contribution in [0.25, 0.3) is 0 Å². The Labute approximate surface area is 136 Å². The van der Waals surface area contributed by atoms with Crippen molar-refractivity contribution in [2.45, 2.75) is 18.0 Å². The summed E-state index contributed by atoms with van der Waals surface area (Å²) in [4.78, 5) is 27.9. The first-order valence-corrected chi connectivity index (χ1v) is 9.02. The maximum atomic E-state index is 12.6. The van der Waals surface area contributed by atoms with Crippen LogP contribution < -0.4 is 5.32 Å². The number of thioether (sulfide) groups is 1. The molecule has 2 atom stereocenters. The Kier molecular flexibility index (Phi) is 3.43. The van der Waals surface area contributed by atoms with Gasteiger partial charge in [0.25, 0.3) is 5.91 Å². The van der Waals surface area contributed by atoms with E-state index >= 15 is 0 Å². The fourth-order valence-corrected chi connectivity index (χ4v) is 5.06. The fraction of sp³-hybridized carbons (Fsp3) is 0.250. The van der Waals surface area contributed by atoms with Crippen molar-refractivity contribution in [3.05, 3.63) is 57.8 Å². The molecule has 1 saturated heterocycles. The molecular formula is C16H14N2O2S2. The average Bonchev–Trinajstić information content (AvgIpc) is 3.25. The fourth-order valence-electron chi connectivity index (χ4n) is 2.95. The van der Waals surface area contributed by atoms with Crippen molar-refractivity contribution >= 4 is 34.9 Å². The highest BCUT2D eigenvalue weighted by molar-refractivity contribution is 7.99. The van der Waals surface area contributed by atoms with Crippen LogP contribution in [0.1, 0.15) is 26.2 Å². The van der Waals surface area contributed by atoms with E-state index in [-0.39, 0.29) is 23.2 Å². The van der Waals surface area contributed by atoms with Crippen LogP contribution in [0.3, 0.4) is 0 Å². The lowest BCUT2D eigenvalue weighted by Crippen LogP contribution is -2.45. The lowest BCUT2D eigenvalue weighted by molar-refractivity contribution is -0.124. The maximum Gasteiger partial charge on any atom is 0.256 e. The van der Waals surface area contributed by atoms with Crippen LogP contribution in [-0.4, -0.2) is 28.5 Å². The zero-order chi connectivity index (χ0) is 15.1. The van der Waals surface area contributed by atoms with Gasteiger partial charge in [-0.1, -0.05) is 24.3 Å². The van der Waals surface area contributed by atoms with Gasteiger partial charge in [-0.3, -0.25) is 9.59 Å².